The summed E-state index contributed by atoms with van der Waals surface area (Å²) >= 11 is 0. The summed E-state index contributed by atoms with van der Waals surface area (Å²) in [5.41, 5.74) is 1.24. The molecule has 0 bridgehead atoms. The summed E-state index contributed by atoms with van der Waals surface area (Å²) < 4.78 is 26.9. The number of fused-ring (bicyclic) bond motifs is 1. The van der Waals surface area contributed by atoms with Crippen LogP contribution in [0.4, 0.5) is 0 Å². The largest absolute Gasteiger partial charge is 0.302 e. The summed E-state index contributed by atoms with van der Waals surface area (Å²) in [6, 6.07) is 5.14. The van der Waals surface area contributed by atoms with Gasteiger partial charge in [0.15, 0.2) is 21.5 Å². The van der Waals surface area contributed by atoms with E-state index in [0.717, 1.165) is 5.56 Å². The lowest BCUT2D eigenvalue weighted by molar-refractivity contribution is 0.500. The van der Waals surface area contributed by atoms with Crippen LogP contribution < -0.4 is 5.56 Å². The summed E-state index contributed by atoms with van der Waals surface area (Å²) in [4.78, 5) is 21.1. The molecule has 3 aromatic rings. The molecule has 0 spiro atoms. The minimum atomic E-state index is -3.03. The highest BCUT2D eigenvalue weighted by atomic mass is 32.2. The summed E-state index contributed by atoms with van der Waals surface area (Å²) in [5.74, 6) is 1.54. The first-order valence-corrected chi connectivity index (χ1v) is 10.3. The van der Waals surface area contributed by atoms with Crippen molar-refractivity contribution < 1.29 is 8.42 Å². The Labute approximate surface area is 150 Å². The van der Waals surface area contributed by atoms with Crippen LogP contribution in [0.3, 0.4) is 0 Å². The molecule has 2 aromatic heterocycles. The van der Waals surface area contributed by atoms with E-state index in [9.17, 15) is 13.2 Å². The quantitative estimate of drug-likeness (QED) is 0.682. The summed E-state index contributed by atoms with van der Waals surface area (Å²) in [6.07, 6.45) is 2.68. The maximum absolute atomic E-state index is 12.2. The average Bonchev–Trinajstić information content (AvgIpc) is 3.21. The van der Waals surface area contributed by atoms with Crippen LogP contribution in [0.5, 0.6) is 0 Å². The Morgan fingerprint density at radius 2 is 2.12 bits per heavy atom. The van der Waals surface area contributed by atoms with Crippen molar-refractivity contribution in [3.8, 4) is 11.4 Å². The minimum Gasteiger partial charge on any atom is -0.302 e. The van der Waals surface area contributed by atoms with Crippen molar-refractivity contribution in [3.05, 3.63) is 40.7 Å². The van der Waals surface area contributed by atoms with E-state index in [4.69, 9.17) is 0 Å². The van der Waals surface area contributed by atoms with E-state index in [-0.39, 0.29) is 23.1 Å². The van der Waals surface area contributed by atoms with Crippen LogP contribution in [-0.2, 0) is 23.3 Å². The van der Waals surface area contributed by atoms with Crippen LogP contribution in [0.25, 0.3) is 22.3 Å². The molecule has 0 radical (unpaired) electrons. The fourth-order valence-electron chi connectivity index (χ4n) is 3.29. The van der Waals surface area contributed by atoms with Gasteiger partial charge in [-0.25, -0.2) is 23.1 Å². The van der Waals surface area contributed by atoms with Crippen LogP contribution in [0.2, 0.25) is 0 Å². The minimum absolute atomic E-state index is 0.0822. The first-order chi connectivity index (χ1) is 12.4. The SMILES string of the molecule is CCc1nc(-c2ccc3c(=O)n(C)cnc3c2)n([C@@H]2CCS(=O)(=O)C2)n1. The number of aryl methyl sites for hydroxylation is 2. The number of hydrogen-bond donors (Lipinski definition) is 0. The van der Waals surface area contributed by atoms with Gasteiger partial charge < -0.3 is 4.57 Å². The number of nitrogens with zero attached hydrogens (tertiary/aromatic N) is 5. The molecule has 3 heterocycles. The van der Waals surface area contributed by atoms with Gasteiger partial charge in [-0.2, -0.15) is 5.10 Å². The summed E-state index contributed by atoms with van der Waals surface area (Å²) in [5, 5.41) is 5.05. The Hall–Kier alpha value is -2.55. The fraction of sp³-hybridized carbons (Fsp3) is 0.412. The van der Waals surface area contributed by atoms with E-state index in [1.807, 2.05) is 13.0 Å². The van der Waals surface area contributed by atoms with Gasteiger partial charge in [0.25, 0.3) is 5.56 Å². The highest BCUT2D eigenvalue weighted by Crippen LogP contribution is 2.29. The van der Waals surface area contributed by atoms with Gasteiger partial charge in [-0.15, -0.1) is 0 Å². The molecule has 1 atom stereocenters. The van der Waals surface area contributed by atoms with Crippen LogP contribution in [-0.4, -0.2) is 44.2 Å². The molecular formula is C17H19N5O3S. The van der Waals surface area contributed by atoms with E-state index in [1.165, 1.54) is 10.9 Å². The van der Waals surface area contributed by atoms with Crippen molar-refractivity contribution in [1.82, 2.24) is 24.3 Å². The number of aromatic nitrogens is 5. The zero-order valence-electron chi connectivity index (χ0n) is 14.6. The average molecular weight is 373 g/mol. The first-order valence-electron chi connectivity index (χ1n) is 8.49. The Morgan fingerprint density at radius 1 is 1.31 bits per heavy atom. The zero-order valence-corrected chi connectivity index (χ0v) is 15.4. The van der Waals surface area contributed by atoms with Crippen LogP contribution >= 0.6 is 0 Å². The summed E-state index contributed by atoms with van der Waals surface area (Å²) in [7, 11) is -1.37. The van der Waals surface area contributed by atoms with Crippen molar-refractivity contribution in [2.45, 2.75) is 25.8 Å². The van der Waals surface area contributed by atoms with Crippen molar-refractivity contribution in [1.29, 1.82) is 0 Å². The van der Waals surface area contributed by atoms with E-state index in [2.05, 4.69) is 15.1 Å². The highest BCUT2D eigenvalue weighted by molar-refractivity contribution is 7.91. The lowest BCUT2D eigenvalue weighted by Gasteiger charge is -2.12. The molecule has 0 unspecified atom stereocenters. The van der Waals surface area contributed by atoms with Crippen molar-refractivity contribution >= 4 is 20.7 Å². The molecule has 4 rings (SSSR count). The zero-order chi connectivity index (χ0) is 18.5. The molecule has 0 saturated carbocycles. The molecule has 136 valence electrons. The Kier molecular flexibility index (Phi) is 3.91. The first kappa shape index (κ1) is 16.9. The molecular weight excluding hydrogens is 354 g/mol. The molecule has 1 fully saturated rings. The van der Waals surface area contributed by atoms with Crippen molar-refractivity contribution in [2.75, 3.05) is 11.5 Å². The molecule has 8 nitrogen and oxygen atoms in total. The second kappa shape index (κ2) is 6.01. The lowest BCUT2D eigenvalue weighted by Crippen LogP contribution is -2.17. The molecule has 1 saturated heterocycles. The second-order valence-electron chi connectivity index (χ2n) is 6.60. The molecule has 26 heavy (non-hydrogen) atoms. The van der Waals surface area contributed by atoms with Gasteiger partial charge in [-0.3, -0.25) is 4.79 Å². The van der Waals surface area contributed by atoms with Crippen molar-refractivity contribution in [3.63, 3.8) is 0 Å². The molecule has 1 aliphatic rings. The van der Waals surface area contributed by atoms with E-state index in [1.54, 1.807) is 23.9 Å². The van der Waals surface area contributed by atoms with Crippen LogP contribution in [0.15, 0.2) is 29.3 Å². The second-order valence-corrected chi connectivity index (χ2v) is 8.83. The molecule has 1 aliphatic heterocycles. The van der Waals surface area contributed by atoms with Gasteiger partial charge in [0.2, 0.25) is 0 Å². The van der Waals surface area contributed by atoms with Gasteiger partial charge in [-0.1, -0.05) is 13.0 Å². The van der Waals surface area contributed by atoms with Gasteiger partial charge in [0, 0.05) is 19.0 Å². The van der Waals surface area contributed by atoms with E-state index in [0.29, 0.717) is 35.4 Å². The maximum atomic E-state index is 12.2. The number of rotatable bonds is 3. The van der Waals surface area contributed by atoms with Gasteiger partial charge >= 0.3 is 0 Å². The monoisotopic (exact) mass is 373 g/mol. The number of hydrogen-bond acceptors (Lipinski definition) is 6. The molecule has 9 heteroatoms. The van der Waals surface area contributed by atoms with Gasteiger partial charge in [-0.05, 0) is 18.6 Å². The van der Waals surface area contributed by atoms with Gasteiger partial charge in [0.1, 0.15) is 0 Å². The normalized spacial score (nSPS) is 19.2. The van der Waals surface area contributed by atoms with Crippen LogP contribution in [0, 0.1) is 0 Å². The lowest BCUT2D eigenvalue weighted by atomic mass is 10.1. The molecule has 1 aromatic carbocycles. The number of sulfone groups is 1. The fourth-order valence-corrected chi connectivity index (χ4v) is 4.98. The molecule has 0 aliphatic carbocycles. The topological polar surface area (TPSA) is 99.7 Å². The Bertz CT molecular complexity index is 1160. The van der Waals surface area contributed by atoms with E-state index < -0.39 is 9.84 Å². The number of benzene rings is 1. The third kappa shape index (κ3) is 2.82. The third-order valence-electron chi connectivity index (χ3n) is 4.72. The predicted octanol–water partition coefficient (Wildman–Crippen LogP) is 1.11. The molecule has 0 amide bonds. The van der Waals surface area contributed by atoms with Crippen molar-refractivity contribution in [2.24, 2.45) is 7.05 Å². The Balaban J connectivity index is 1.85. The highest BCUT2D eigenvalue weighted by Gasteiger charge is 2.32. The third-order valence-corrected chi connectivity index (χ3v) is 6.47. The van der Waals surface area contributed by atoms with E-state index >= 15 is 0 Å². The predicted molar refractivity (Wildman–Crippen MR) is 97.7 cm³/mol. The van der Waals surface area contributed by atoms with Crippen LogP contribution in [0.1, 0.15) is 25.2 Å². The van der Waals surface area contributed by atoms with Gasteiger partial charge in [0.05, 0.1) is 34.8 Å². The smallest absolute Gasteiger partial charge is 0.260 e. The standard InChI is InChI=1S/C17H19N5O3S/c1-3-15-19-16(22(20-15)12-6-7-26(24,25)9-12)11-4-5-13-14(8-11)18-10-21(2)17(13)23/h4-5,8,10,12H,3,6-7,9H2,1-2H3/t12-/m1/s1. The summed E-state index contributed by atoms with van der Waals surface area (Å²) in [6.45, 7) is 1.96. The maximum Gasteiger partial charge on any atom is 0.260 e. The Morgan fingerprint density at radius 3 is 2.81 bits per heavy atom. The molecule has 0 N–H and O–H groups in total.